The molecule has 1 aliphatic rings. The van der Waals surface area contributed by atoms with E-state index >= 15 is 0 Å². The summed E-state index contributed by atoms with van der Waals surface area (Å²) >= 11 is 0. The minimum atomic E-state index is -0.384. The van der Waals surface area contributed by atoms with Crippen molar-refractivity contribution in [2.24, 2.45) is 0 Å². The molecule has 0 saturated carbocycles. The summed E-state index contributed by atoms with van der Waals surface area (Å²) in [4.78, 5) is 38.6. The number of imidazole rings is 1. The molecule has 8 nitrogen and oxygen atoms in total. The minimum Gasteiger partial charge on any atom is -0.472 e. The van der Waals surface area contributed by atoms with Gasteiger partial charge in [-0.3, -0.25) is 4.79 Å². The lowest BCUT2D eigenvalue weighted by molar-refractivity contribution is 0.0522. The molecule has 1 amide bonds. The number of aryl methyl sites for hydroxylation is 2. The first-order valence-electron chi connectivity index (χ1n) is 7.57. The molecule has 0 spiro atoms. The van der Waals surface area contributed by atoms with E-state index in [1.807, 2.05) is 13.8 Å². The first-order chi connectivity index (χ1) is 11.0. The van der Waals surface area contributed by atoms with E-state index in [2.05, 4.69) is 19.9 Å². The number of hydrogen-bond donors (Lipinski definition) is 2. The van der Waals surface area contributed by atoms with Gasteiger partial charge >= 0.3 is 5.69 Å². The van der Waals surface area contributed by atoms with Gasteiger partial charge in [0.25, 0.3) is 5.91 Å². The Kier molecular flexibility index (Phi) is 4.14. The van der Waals surface area contributed by atoms with Crippen LogP contribution in [0.3, 0.4) is 0 Å². The third-order valence-electron chi connectivity index (χ3n) is 3.72. The van der Waals surface area contributed by atoms with Crippen LogP contribution in [0.5, 0.6) is 5.88 Å². The van der Waals surface area contributed by atoms with Crippen LogP contribution in [0.25, 0.3) is 0 Å². The number of aromatic amines is 2. The van der Waals surface area contributed by atoms with Gasteiger partial charge in [0.05, 0.1) is 6.54 Å². The van der Waals surface area contributed by atoms with Crippen LogP contribution < -0.4 is 10.4 Å². The molecular formula is C15H19N5O3. The second-order valence-corrected chi connectivity index (χ2v) is 5.68. The predicted molar refractivity (Wildman–Crippen MR) is 82.5 cm³/mol. The summed E-state index contributed by atoms with van der Waals surface area (Å²) < 4.78 is 5.91. The van der Waals surface area contributed by atoms with E-state index in [9.17, 15) is 9.59 Å². The Morgan fingerprint density at radius 2 is 2.22 bits per heavy atom. The number of likely N-dealkylation sites (tertiary alicyclic amines) is 1. The number of ether oxygens (including phenoxy) is 1. The highest BCUT2D eigenvalue weighted by Gasteiger charge is 2.26. The average molecular weight is 317 g/mol. The van der Waals surface area contributed by atoms with Crippen molar-refractivity contribution in [2.75, 3.05) is 13.1 Å². The van der Waals surface area contributed by atoms with Crippen molar-refractivity contribution in [1.82, 2.24) is 24.8 Å². The monoisotopic (exact) mass is 317 g/mol. The molecule has 8 heteroatoms. The van der Waals surface area contributed by atoms with Gasteiger partial charge in [0.1, 0.15) is 17.6 Å². The van der Waals surface area contributed by atoms with Crippen molar-refractivity contribution in [2.45, 2.75) is 32.8 Å². The van der Waals surface area contributed by atoms with Crippen molar-refractivity contribution < 1.29 is 9.53 Å². The maximum absolute atomic E-state index is 12.4. The van der Waals surface area contributed by atoms with Gasteiger partial charge in [0.2, 0.25) is 5.88 Å². The fourth-order valence-corrected chi connectivity index (χ4v) is 2.75. The lowest BCUT2D eigenvalue weighted by Crippen LogP contribution is -2.44. The molecular weight excluding hydrogens is 298 g/mol. The number of carbonyl (C=O) groups is 1. The fraction of sp³-hybridized carbons (Fsp3) is 0.467. The molecule has 0 bridgehead atoms. The third-order valence-corrected chi connectivity index (χ3v) is 3.72. The number of aromatic nitrogens is 4. The van der Waals surface area contributed by atoms with Crippen LogP contribution in [0.4, 0.5) is 0 Å². The predicted octanol–water partition coefficient (Wildman–Crippen LogP) is 0.793. The Balaban J connectivity index is 1.68. The number of carbonyl (C=O) groups excluding carboxylic acids is 1. The van der Waals surface area contributed by atoms with Crippen LogP contribution in [0.1, 0.15) is 34.8 Å². The minimum absolute atomic E-state index is 0.118. The van der Waals surface area contributed by atoms with E-state index in [1.165, 1.54) is 6.20 Å². The maximum Gasteiger partial charge on any atom is 0.323 e. The number of amides is 1. The zero-order valence-corrected chi connectivity index (χ0v) is 13.1. The Hall–Kier alpha value is -2.64. The summed E-state index contributed by atoms with van der Waals surface area (Å²) in [5.41, 5.74) is 0.732. The van der Waals surface area contributed by atoms with Crippen LogP contribution in [-0.4, -0.2) is 49.9 Å². The lowest BCUT2D eigenvalue weighted by atomic mass is 10.1. The number of rotatable bonds is 3. The van der Waals surface area contributed by atoms with Gasteiger partial charge in [-0.05, 0) is 26.7 Å². The molecule has 2 N–H and O–H groups in total. The van der Waals surface area contributed by atoms with Gasteiger partial charge in [-0.2, -0.15) is 4.98 Å². The highest BCUT2D eigenvalue weighted by Crippen LogP contribution is 2.18. The van der Waals surface area contributed by atoms with Crippen LogP contribution in [0.2, 0.25) is 0 Å². The molecule has 2 aromatic rings. The van der Waals surface area contributed by atoms with Crippen molar-refractivity contribution in [3.05, 3.63) is 40.0 Å². The highest BCUT2D eigenvalue weighted by molar-refractivity contribution is 5.92. The first-order valence-corrected chi connectivity index (χ1v) is 7.57. The number of nitrogens with zero attached hydrogens (tertiary/aromatic N) is 3. The molecule has 0 radical (unpaired) electrons. The Labute approximate surface area is 132 Å². The topological polar surface area (TPSA) is 104 Å². The second-order valence-electron chi connectivity index (χ2n) is 5.68. The molecule has 3 heterocycles. The van der Waals surface area contributed by atoms with E-state index in [0.29, 0.717) is 24.8 Å². The molecule has 3 rings (SSSR count). The first kappa shape index (κ1) is 15.3. The van der Waals surface area contributed by atoms with Crippen LogP contribution in [0.15, 0.2) is 17.1 Å². The van der Waals surface area contributed by atoms with Crippen LogP contribution in [-0.2, 0) is 0 Å². The third kappa shape index (κ3) is 3.58. The van der Waals surface area contributed by atoms with Crippen LogP contribution in [0, 0.1) is 13.8 Å². The van der Waals surface area contributed by atoms with Gasteiger partial charge < -0.3 is 19.6 Å². The van der Waals surface area contributed by atoms with Crippen molar-refractivity contribution in [3.63, 3.8) is 0 Å². The Bertz CT molecular complexity index is 746. The van der Waals surface area contributed by atoms with Crippen molar-refractivity contribution in [1.29, 1.82) is 0 Å². The molecule has 23 heavy (non-hydrogen) atoms. The molecule has 1 aliphatic heterocycles. The number of hydrogen-bond acceptors (Lipinski definition) is 5. The van der Waals surface area contributed by atoms with Gasteiger partial charge in [0, 0.05) is 24.5 Å². The number of piperidine rings is 1. The summed E-state index contributed by atoms with van der Waals surface area (Å²) in [6.45, 7) is 4.82. The lowest BCUT2D eigenvalue weighted by Gasteiger charge is -2.32. The van der Waals surface area contributed by atoms with Gasteiger partial charge in [-0.25, -0.2) is 9.78 Å². The zero-order valence-electron chi connectivity index (χ0n) is 13.1. The molecule has 0 aliphatic carbocycles. The fourth-order valence-electron chi connectivity index (χ4n) is 2.75. The van der Waals surface area contributed by atoms with E-state index in [0.717, 1.165) is 18.5 Å². The van der Waals surface area contributed by atoms with E-state index in [1.54, 1.807) is 11.0 Å². The molecule has 0 aromatic carbocycles. The molecule has 1 fully saturated rings. The Morgan fingerprint density at radius 3 is 2.91 bits per heavy atom. The highest BCUT2D eigenvalue weighted by atomic mass is 16.5. The van der Waals surface area contributed by atoms with Gasteiger partial charge in [-0.1, -0.05) is 0 Å². The standard InChI is InChI=1S/C15H19N5O3/c1-9-6-13(18-10(2)17-9)23-11-4-3-5-20(8-11)14(21)12-7-16-15(22)19-12/h6-7,11H,3-5,8H2,1-2H3,(H2,16,19,22). The quantitative estimate of drug-likeness (QED) is 0.871. The Morgan fingerprint density at radius 1 is 1.39 bits per heavy atom. The summed E-state index contributed by atoms with van der Waals surface area (Å²) in [6.07, 6.45) is 2.97. The summed E-state index contributed by atoms with van der Waals surface area (Å²) in [5.74, 6) is 0.990. The normalized spacial score (nSPS) is 18.0. The summed E-state index contributed by atoms with van der Waals surface area (Å²) in [7, 11) is 0. The molecule has 1 unspecified atom stereocenters. The largest absolute Gasteiger partial charge is 0.472 e. The summed E-state index contributed by atoms with van der Waals surface area (Å²) in [6, 6.07) is 1.79. The van der Waals surface area contributed by atoms with Gasteiger partial charge in [-0.15, -0.1) is 0 Å². The maximum atomic E-state index is 12.4. The van der Waals surface area contributed by atoms with E-state index in [4.69, 9.17) is 4.74 Å². The smallest absolute Gasteiger partial charge is 0.323 e. The van der Waals surface area contributed by atoms with E-state index in [-0.39, 0.29) is 23.4 Å². The van der Waals surface area contributed by atoms with Crippen molar-refractivity contribution in [3.8, 4) is 5.88 Å². The molecule has 1 atom stereocenters. The molecule has 2 aromatic heterocycles. The van der Waals surface area contributed by atoms with E-state index < -0.39 is 0 Å². The SMILES string of the molecule is Cc1cc(OC2CCCN(C(=O)c3c[nH]c(=O)[nH]3)C2)nc(C)n1. The van der Waals surface area contributed by atoms with Gasteiger partial charge in [0.15, 0.2) is 0 Å². The number of nitrogens with one attached hydrogen (secondary N) is 2. The number of H-pyrrole nitrogens is 2. The molecule has 122 valence electrons. The van der Waals surface area contributed by atoms with Crippen LogP contribution >= 0.6 is 0 Å². The van der Waals surface area contributed by atoms with Crippen molar-refractivity contribution >= 4 is 5.91 Å². The average Bonchev–Trinajstić information content (AvgIpc) is 2.92. The summed E-state index contributed by atoms with van der Waals surface area (Å²) in [5, 5.41) is 0. The molecule has 1 saturated heterocycles. The zero-order chi connectivity index (χ0) is 16.4. The second kappa shape index (κ2) is 6.23.